The molecule has 2 N–H and O–H groups in total. The Bertz CT molecular complexity index is 435. The van der Waals surface area contributed by atoms with Crippen molar-refractivity contribution in [2.24, 2.45) is 5.73 Å². The average molecular weight is 216 g/mol. The molecule has 1 unspecified atom stereocenters. The molecule has 0 saturated heterocycles. The second-order valence-electron chi connectivity index (χ2n) is 3.61. The normalized spacial score (nSPS) is 12.6. The number of hydrogen-bond acceptors (Lipinski definition) is 3. The van der Waals surface area contributed by atoms with Crippen LogP contribution < -0.4 is 5.73 Å². The average Bonchev–Trinajstić information content (AvgIpc) is 2.80. The van der Waals surface area contributed by atoms with Crippen molar-refractivity contribution >= 4 is 0 Å². The molecule has 2 rings (SSSR count). The van der Waals surface area contributed by atoms with Crippen molar-refractivity contribution in [3.05, 3.63) is 48.3 Å². The van der Waals surface area contributed by atoms with Gasteiger partial charge in [-0.3, -0.25) is 4.98 Å². The smallest absolute Gasteiger partial charge is 0.109 e. The van der Waals surface area contributed by atoms with Crippen molar-refractivity contribution in [1.82, 2.24) is 14.5 Å². The number of aryl methyl sites for hydroxylation is 1. The van der Waals surface area contributed by atoms with Gasteiger partial charge in [0.1, 0.15) is 5.82 Å². The van der Waals surface area contributed by atoms with Gasteiger partial charge in [0.05, 0.1) is 11.7 Å². The number of hydrogen-bond donors (Lipinski definition) is 1. The molecule has 4 nitrogen and oxygen atoms in total. The van der Waals surface area contributed by atoms with Crippen LogP contribution in [0.1, 0.15) is 24.5 Å². The summed E-state index contributed by atoms with van der Waals surface area (Å²) >= 11 is 0. The SMILES string of the molecule is CCc1nccn1C(CN)c1ccccn1. The fourth-order valence-corrected chi connectivity index (χ4v) is 1.85. The van der Waals surface area contributed by atoms with E-state index in [9.17, 15) is 0 Å². The summed E-state index contributed by atoms with van der Waals surface area (Å²) in [6.07, 6.45) is 6.46. The summed E-state index contributed by atoms with van der Waals surface area (Å²) in [5.41, 5.74) is 6.81. The van der Waals surface area contributed by atoms with Crippen molar-refractivity contribution in [2.45, 2.75) is 19.4 Å². The molecule has 2 aromatic heterocycles. The fraction of sp³-hybridized carbons (Fsp3) is 0.333. The maximum absolute atomic E-state index is 5.83. The van der Waals surface area contributed by atoms with E-state index in [1.165, 1.54) is 0 Å². The van der Waals surface area contributed by atoms with E-state index in [1.807, 2.05) is 30.6 Å². The van der Waals surface area contributed by atoms with Crippen LogP contribution in [-0.2, 0) is 6.42 Å². The maximum Gasteiger partial charge on any atom is 0.109 e. The van der Waals surface area contributed by atoms with Crippen LogP contribution >= 0.6 is 0 Å². The van der Waals surface area contributed by atoms with Crippen molar-refractivity contribution < 1.29 is 0 Å². The highest BCUT2D eigenvalue weighted by Crippen LogP contribution is 2.16. The highest BCUT2D eigenvalue weighted by Gasteiger charge is 2.15. The molecule has 0 radical (unpaired) electrons. The van der Waals surface area contributed by atoms with E-state index in [1.54, 1.807) is 6.20 Å². The van der Waals surface area contributed by atoms with Crippen LogP contribution in [0.4, 0.5) is 0 Å². The molecule has 0 bridgehead atoms. The third-order valence-electron chi connectivity index (χ3n) is 2.65. The summed E-state index contributed by atoms with van der Waals surface area (Å²) in [6.45, 7) is 2.62. The molecular formula is C12H16N4. The third-order valence-corrected chi connectivity index (χ3v) is 2.65. The molecule has 1 atom stereocenters. The Kier molecular flexibility index (Phi) is 3.31. The minimum atomic E-state index is 0.0821. The van der Waals surface area contributed by atoms with E-state index in [4.69, 9.17) is 5.73 Å². The Balaban J connectivity index is 2.37. The van der Waals surface area contributed by atoms with Gasteiger partial charge in [0.25, 0.3) is 0 Å². The summed E-state index contributed by atoms with van der Waals surface area (Å²) < 4.78 is 2.10. The monoisotopic (exact) mass is 216 g/mol. The van der Waals surface area contributed by atoms with Crippen LogP contribution in [0.15, 0.2) is 36.8 Å². The van der Waals surface area contributed by atoms with Crippen LogP contribution in [-0.4, -0.2) is 21.1 Å². The molecular weight excluding hydrogens is 200 g/mol. The van der Waals surface area contributed by atoms with Gasteiger partial charge >= 0.3 is 0 Å². The summed E-state index contributed by atoms with van der Waals surface area (Å²) in [5.74, 6) is 1.04. The predicted molar refractivity (Wildman–Crippen MR) is 63.0 cm³/mol. The zero-order chi connectivity index (χ0) is 11.4. The van der Waals surface area contributed by atoms with E-state index in [0.717, 1.165) is 17.9 Å². The first-order chi connectivity index (χ1) is 7.86. The van der Waals surface area contributed by atoms with E-state index in [0.29, 0.717) is 6.54 Å². The van der Waals surface area contributed by atoms with Gasteiger partial charge in [-0.1, -0.05) is 13.0 Å². The molecule has 0 spiro atoms. The molecule has 16 heavy (non-hydrogen) atoms. The quantitative estimate of drug-likeness (QED) is 0.840. The fourth-order valence-electron chi connectivity index (χ4n) is 1.85. The first kappa shape index (κ1) is 10.8. The highest BCUT2D eigenvalue weighted by atomic mass is 15.1. The Morgan fingerprint density at radius 2 is 2.19 bits per heavy atom. The number of nitrogens with two attached hydrogens (primary N) is 1. The number of aromatic nitrogens is 3. The Morgan fingerprint density at radius 3 is 2.81 bits per heavy atom. The lowest BCUT2D eigenvalue weighted by Crippen LogP contribution is -2.22. The van der Waals surface area contributed by atoms with Gasteiger partial charge < -0.3 is 10.3 Å². The second kappa shape index (κ2) is 4.90. The largest absolute Gasteiger partial charge is 0.328 e. The van der Waals surface area contributed by atoms with Gasteiger partial charge in [-0.05, 0) is 12.1 Å². The molecule has 0 aliphatic rings. The predicted octanol–water partition coefficient (Wildman–Crippen LogP) is 1.39. The maximum atomic E-state index is 5.83. The minimum Gasteiger partial charge on any atom is -0.328 e. The zero-order valence-corrected chi connectivity index (χ0v) is 9.37. The lowest BCUT2D eigenvalue weighted by Gasteiger charge is -2.18. The first-order valence-corrected chi connectivity index (χ1v) is 5.49. The van der Waals surface area contributed by atoms with Gasteiger partial charge in [0, 0.05) is 31.6 Å². The van der Waals surface area contributed by atoms with Gasteiger partial charge in [-0.15, -0.1) is 0 Å². The number of nitrogens with zero attached hydrogens (tertiary/aromatic N) is 3. The van der Waals surface area contributed by atoms with Gasteiger partial charge in [0.2, 0.25) is 0 Å². The molecule has 2 heterocycles. The Morgan fingerprint density at radius 1 is 1.31 bits per heavy atom. The van der Waals surface area contributed by atoms with Crippen molar-refractivity contribution in [3.8, 4) is 0 Å². The van der Waals surface area contributed by atoms with Crippen LogP contribution in [0.3, 0.4) is 0 Å². The number of rotatable bonds is 4. The second-order valence-corrected chi connectivity index (χ2v) is 3.61. The van der Waals surface area contributed by atoms with E-state index in [-0.39, 0.29) is 6.04 Å². The topological polar surface area (TPSA) is 56.7 Å². The molecule has 0 fully saturated rings. The Hall–Kier alpha value is -1.68. The van der Waals surface area contributed by atoms with Crippen LogP contribution in [0.2, 0.25) is 0 Å². The molecule has 4 heteroatoms. The summed E-state index contributed by atoms with van der Waals surface area (Å²) in [7, 11) is 0. The molecule has 84 valence electrons. The summed E-state index contributed by atoms with van der Waals surface area (Å²) in [6, 6.07) is 5.97. The van der Waals surface area contributed by atoms with Gasteiger partial charge in [0.15, 0.2) is 0 Å². The lowest BCUT2D eigenvalue weighted by atomic mass is 10.2. The van der Waals surface area contributed by atoms with E-state index >= 15 is 0 Å². The number of imidazole rings is 1. The van der Waals surface area contributed by atoms with Crippen LogP contribution in [0.5, 0.6) is 0 Å². The minimum absolute atomic E-state index is 0.0821. The molecule has 0 aliphatic heterocycles. The van der Waals surface area contributed by atoms with E-state index in [2.05, 4.69) is 21.5 Å². The van der Waals surface area contributed by atoms with Crippen molar-refractivity contribution in [2.75, 3.05) is 6.54 Å². The standard InChI is InChI=1S/C12H16N4/c1-2-12-15-7-8-16(12)11(9-13)10-5-3-4-6-14-10/h3-8,11H,2,9,13H2,1H3. The van der Waals surface area contributed by atoms with Crippen molar-refractivity contribution in [3.63, 3.8) is 0 Å². The van der Waals surface area contributed by atoms with Gasteiger partial charge in [-0.25, -0.2) is 4.98 Å². The Labute approximate surface area is 95.1 Å². The molecule has 0 saturated carbocycles. The van der Waals surface area contributed by atoms with E-state index < -0.39 is 0 Å². The molecule has 0 aliphatic carbocycles. The zero-order valence-electron chi connectivity index (χ0n) is 9.37. The summed E-state index contributed by atoms with van der Waals surface area (Å²) in [5, 5.41) is 0. The molecule has 2 aromatic rings. The van der Waals surface area contributed by atoms with Crippen LogP contribution in [0.25, 0.3) is 0 Å². The van der Waals surface area contributed by atoms with Gasteiger partial charge in [-0.2, -0.15) is 0 Å². The molecule has 0 amide bonds. The van der Waals surface area contributed by atoms with Crippen LogP contribution in [0, 0.1) is 0 Å². The van der Waals surface area contributed by atoms with Crippen molar-refractivity contribution in [1.29, 1.82) is 0 Å². The molecule has 0 aromatic carbocycles. The first-order valence-electron chi connectivity index (χ1n) is 5.49. The summed E-state index contributed by atoms with van der Waals surface area (Å²) in [4.78, 5) is 8.66. The highest BCUT2D eigenvalue weighted by molar-refractivity contribution is 5.12. The third kappa shape index (κ3) is 1.97. The lowest BCUT2D eigenvalue weighted by molar-refractivity contribution is 0.555. The number of pyridine rings is 1.